The molecule has 3 rings (SSSR count). The molecular formula is C15H23N3O3. The second kappa shape index (κ2) is 4.93. The summed E-state index contributed by atoms with van der Waals surface area (Å²) in [5.41, 5.74) is 1.09. The van der Waals surface area contributed by atoms with Gasteiger partial charge in [-0.1, -0.05) is 12.8 Å². The average molecular weight is 293 g/mol. The Morgan fingerprint density at radius 3 is 2.48 bits per heavy atom. The number of hydrogen-bond donors (Lipinski definition) is 1. The van der Waals surface area contributed by atoms with Crippen LogP contribution in [0.2, 0.25) is 0 Å². The number of aromatic nitrogens is 2. The van der Waals surface area contributed by atoms with Crippen molar-refractivity contribution in [1.82, 2.24) is 14.7 Å². The molecule has 0 radical (unpaired) electrons. The summed E-state index contributed by atoms with van der Waals surface area (Å²) in [6.45, 7) is 6.30. The minimum absolute atomic E-state index is 0.0305. The highest BCUT2D eigenvalue weighted by molar-refractivity contribution is 5.69. The van der Waals surface area contributed by atoms with Gasteiger partial charge in [0, 0.05) is 0 Å². The van der Waals surface area contributed by atoms with Crippen molar-refractivity contribution in [2.75, 3.05) is 0 Å². The summed E-state index contributed by atoms with van der Waals surface area (Å²) in [6, 6.07) is 0.304. The van der Waals surface area contributed by atoms with Crippen LogP contribution >= 0.6 is 0 Å². The Morgan fingerprint density at radius 2 is 1.90 bits per heavy atom. The van der Waals surface area contributed by atoms with Crippen molar-refractivity contribution in [3.05, 3.63) is 21.6 Å². The molecule has 116 valence electrons. The number of fused-ring (bicyclic) bond motifs is 1. The van der Waals surface area contributed by atoms with Gasteiger partial charge in [-0.2, -0.15) is 0 Å². The second-order valence-electron chi connectivity index (χ2n) is 7.02. The molecule has 2 heterocycles. The highest BCUT2D eigenvalue weighted by Gasteiger charge is 2.33. The number of amides is 1. The Bertz CT molecular complexity index is 603. The lowest BCUT2D eigenvalue weighted by molar-refractivity contribution is 0.0238. The smallest absolute Gasteiger partial charge is 0.410 e. The SMILES string of the molecule is CC(C)(C)OC(=O)N1Cc2[nH]n(C3CCCC3)c(=O)c2C1. The van der Waals surface area contributed by atoms with Gasteiger partial charge in [0.1, 0.15) is 5.60 Å². The summed E-state index contributed by atoms with van der Waals surface area (Å²) in [4.78, 5) is 26.1. The normalized spacial score (nSPS) is 19.1. The van der Waals surface area contributed by atoms with Gasteiger partial charge in [0.15, 0.2) is 0 Å². The first-order valence-corrected chi connectivity index (χ1v) is 7.65. The van der Waals surface area contributed by atoms with Crippen LogP contribution in [0, 0.1) is 0 Å². The fourth-order valence-corrected chi connectivity index (χ4v) is 3.14. The first kappa shape index (κ1) is 14.2. The molecule has 6 heteroatoms. The number of rotatable bonds is 1. The number of H-pyrrole nitrogens is 1. The molecule has 1 N–H and O–H groups in total. The summed E-state index contributed by atoms with van der Waals surface area (Å²) in [7, 11) is 0. The molecule has 1 saturated carbocycles. The predicted molar refractivity (Wildman–Crippen MR) is 78.0 cm³/mol. The van der Waals surface area contributed by atoms with Gasteiger partial charge in [0.05, 0.1) is 30.4 Å². The number of aromatic amines is 1. The van der Waals surface area contributed by atoms with Crippen LogP contribution in [0.25, 0.3) is 0 Å². The summed E-state index contributed by atoms with van der Waals surface area (Å²) in [5, 5.41) is 3.21. The van der Waals surface area contributed by atoms with E-state index in [1.54, 1.807) is 9.58 Å². The maximum Gasteiger partial charge on any atom is 0.410 e. The molecule has 1 aromatic rings. The molecule has 1 aromatic heterocycles. The molecule has 21 heavy (non-hydrogen) atoms. The van der Waals surface area contributed by atoms with Crippen LogP contribution in [0.1, 0.15) is 63.8 Å². The van der Waals surface area contributed by atoms with E-state index in [1.807, 2.05) is 20.8 Å². The molecule has 6 nitrogen and oxygen atoms in total. The summed E-state index contributed by atoms with van der Waals surface area (Å²) < 4.78 is 7.12. The zero-order valence-corrected chi connectivity index (χ0v) is 12.9. The van der Waals surface area contributed by atoms with Crippen LogP contribution in [0.3, 0.4) is 0 Å². The van der Waals surface area contributed by atoms with Crippen molar-refractivity contribution < 1.29 is 9.53 Å². The Balaban J connectivity index is 1.74. The van der Waals surface area contributed by atoms with Crippen molar-refractivity contribution in [2.45, 2.75) is 71.2 Å². The largest absolute Gasteiger partial charge is 0.444 e. The lowest BCUT2D eigenvalue weighted by atomic mass is 10.2. The van der Waals surface area contributed by atoms with Crippen molar-refractivity contribution in [2.24, 2.45) is 0 Å². The molecule has 0 saturated heterocycles. The summed E-state index contributed by atoms with van der Waals surface area (Å²) in [5.74, 6) is 0. The minimum atomic E-state index is -0.516. The number of hydrogen-bond acceptors (Lipinski definition) is 3. The zero-order valence-electron chi connectivity index (χ0n) is 12.9. The van der Waals surface area contributed by atoms with Crippen LogP contribution < -0.4 is 5.56 Å². The molecule has 0 atom stereocenters. The van der Waals surface area contributed by atoms with Gasteiger partial charge in [-0.05, 0) is 33.6 Å². The van der Waals surface area contributed by atoms with Gasteiger partial charge in [-0.25, -0.2) is 9.48 Å². The van der Waals surface area contributed by atoms with Gasteiger partial charge < -0.3 is 4.74 Å². The summed E-state index contributed by atoms with van der Waals surface area (Å²) >= 11 is 0. The third-order valence-electron chi connectivity index (χ3n) is 4.14. The van der Waals surface area contributed by atoms with E-state index in [9.17, 15) is 9.59 Å². The van der Waals surface area contributed by atoms with E-state index in [1.165, 1.54) is 12.8 Å². The van der Waals surface area contributed by atoms with Crippen LogP contribution in [0.4, 0.5) is 4.79 Å². The van der Waals surface area contributed by atoms with Gasteiger partial charge >= 0.3 is 6.09 Å². The number of carbonyl (C=O) groups excluding carboxylic acids is 1. The highest BCUT2D eigenvalue weighted by atomic mass is 16.6. The van der Waals surface area contributed by atoms with Crippen LogP contribution in [-0.4, -0.2) is 26.4 Å². The van der Waals surface area contributed by atoms with Crippen molar-refractivity contribution in [3.63, 3.8) is 0 Å². The summed E-state index contributed by atoms with van der Waals surface area (Å²) in [6.07, 6.45) is 4.14. The Kier molecular flexibility index (Phi) is 3.34. The fourth-order valence-electron chi connectivity index (χ4n) is 3.14. The van der Waals surface area contributed by atoms with E-state index < -0.39 is 5.60 Å². The Hall–Kier alpha value is -1.72. The first-order chi connectivity index (χ1) is 9.85. The molecule has 0 aromatic carbocycles. The topological polar surface area (TPSA) is 67.3 Å². The lowest BCUT2D eigenvalue weighted by Gasteiger charge is -2.24. The molecule has 0 spiro atoms. The highest BCUT2D eigenvalue weighted by Crippen LogP contribution is 2.29. The maximum absolute atomic E-state index is 12.5. The monoisotopic (exact) mass is 293 g/mol. The fraction of sp³-hybridized carbons (Fsp3) is 0.733. The number of ether oxygens (including phenoxy) is 1. The Labute approximate surface area is 124 Å². The van der Waals surface area contributed by atoms with E-state index in [0.29, 0.717) is 24.7 Å². The second-order valence-corrected chi connectivity index (χ2v) is 7.02. The van der Waals surface area contributed by atoms with Crippen LogP contribution in [-0.2, 0) is 17.8 Å². The predicted octanol–water partition coefficient (Wildman–Crippen LogP) is 2.54. The number of carbonyl (C=O) groups is 1. The van der Waals surface area contributed by atoms with E-state index in [-0.39, 0.29) is 11.7 Å². The van der Waals surface area contributed by atoms with Gasteiger partial charge in [-0.3, -0.25) is 14.8 Å². The molecule has 1 aliphatic heterocycles. The van der Waals surface area contributed by atoms with Gasteiger partial charge in [0.2, 0.25) is 0 Å². The van der Waals surface area contributed by atoms with Gasteiger partial charge in [0.25, 0.3) is 5.56 Å². The van der Waals surface area contributed by atoms with Crippen LogP contribution in [0.15, 0.2) is 4.79 Å². The van der Waals surface area contributed by atoms with Crippen molar-refractivity contribution in [3.8, 4) is 0 Å². The number of nitrogens with zero attached hydrogens (tertiary/aromatic N) is 2. The van der Waals surface area contributed by atoms with Crippen molar-refractivity contribution in [1.29, 1.82) is 0 Å². The number of nitrogens with one attached hydrogen (secondary N) is 1. The van der Waals surface area contributed by atoms with E-state index >= 15 is 0 Å². The van der Waals surface area contributed by atoms with E-state index in [4.69, 9.17) is 4.74 Å². The molecule has 1 fully saturated rings. The molecule has 0 bridgehead atoms. The molecule has 1 amide bonds. The zero-order chi connectivity index (χ0) is 15.2. The van der Waals surface area contributed by atoms with Crippen molar-refractivity contribution >= 4 is 6.09 Å². The Morgan fingerprint density at radius 1 is 1.24 bits per heavy atom. The third-order valence-corrected chi connectivity index (χ3v) is 4.14. The standard InChI is InChI=1S/C15H23N3O3/c1-15(2,3)21-14(20)17-8-11-12(9-17)16-18(13(11)19)10-6-4-5-7-10/h10,16H,4-9H2,1-3H3. The molecule has 2 aliphatic rings. The minimum Gasteiger partial charge on any atom is -0.444 e. The molecular weight excluding hydrogens is 270 g/mol. The van der Waals surface area contributed by atoms with E-state index in [2.05, 4.69) is 5.10 Å². The van der Waals surface area contributed by atoms with Crippen LogP contribution in [0.5, 0.6) is 0 Å². The lowest BCUT2D eigenvalue weighted by Crippen LogP contribution is -2.34. The average Bonchev–Trinajstić information content (AvgIpc) is 3.05. The third kappa shape index (κ3) is 2.71. The molecule has 0 unspecified atom stereocenters. The van der Waals surface area contributed by atoms with E-state index in [0.717, 1.165) is 18.5 Å². The quantitative estimate of drug-likeness (QED) is 0.865. The maximum atomic E-state index is 12.5. The van der Waals surface area contributed by atoms with Gasteiger partial charge in [-0.15, -0.1) is 0 Å². The molecule has 1 aliphatic carbocycles. The first-order valence-electron chi connectivity index (χ1n) is 7.65.